The van der Waals surface area contributed by atoms with Crippen LogP contribution >= 0.6 is 22.9 Å². The number of likely N-dealkylation sites (tertiary alicyclic amines) is 1. The van der Waals surface area contributed by atoms with E-state index >= 15 is 0 Å². The SMILES string of the molecule is CC1(C(=O)O)CCCN1C(=O)Cc1ccc(Cl)s1. The van der Waals surface area contributed by atoms with E-state index in [9.17, 15) is 14.7 Å². The summed E-state index contributed by atoms with van der Waals surface area (Å²) in [5.74, 6) is -1.08. The van der Waals surface area contributed by atoms with Gasteiger partial charge in [0.1, 0.15) is 5.54 Å². The second kappa shape index (κ2) is 4.90. The van der Waals surface area contributed by atoms with E-state index in [-0.39, 0.29) is 12.3 Å². The monoisotopic (exact) mass is 287 g/mol. The smallest absolute Gasteiger partial charge is 0.329 e. The molecular weight excluding hydrogens is 274 g/mol. The number of halogens is 1. The summed E-state index contributed by atoms with van der Waals surface area (Å²) in [7, 11) is 0. The number of hydrogen-bond donors (Lipinski definition) is 1. The minimum Gasteiger partial charge on any atom is -0.480 e. The lowest BCUT2D eigenvalue weighted by molar-refractivity contribution is -0.155. The van der Waals surface area contributed by atoms with Gasteiger partial charge in [0.05, 0.1) is 10.8 Å². The minimum atomic E-state index is -1.06. The van der Waals surface area contributed by atoms with Crippen LogP contribution in [0, 0.1) is 0 Å². The van der Waals surface area contributed by atoms with Crippen LogP contribution in [0.2, 0.25) is 4.34 Å². The fourth-order valence-electron chi connectivity index (χ4n) is 2.28. The van der Waals surface area contributed by atoms with Crippen molar-refractivity contribution in [1.82, 2.24) is 4.90 Å². The molecule has 0 radical (unpaired) electrons. The Hall–Kier alpha value is -1.07. The van der Waals surface area contributed by atoms with E-state index in [0.717, 1.165) is 11.3 Å². The van der Waals surface area contributed by atoms with Gasteiger partial charge >= 0.3 is 5.97 Å². The molecule has 4 nitrogen and oxygen atoms in total. The third-order valence-corrected chi connectivity index (χ3v) is 4.59. The highest BCUT2D eigenvalue weighted by Crippen LogP contribution is 2.31. The second-order valence-electron chi connectivity index (χ2n) is 4.61. The van der Waals surface area contributed by atoms with Gasteiger partial charge in [0.2, 0.25) is 5.91 Å². The van der Waals surface area contributed by atoms with Crippen molar-refractivity contribution >= 4 is 34.8 Å². The summed E-state index contributed by atoms with van der Waals surface area (Å²) in [4.78, 5) is 25.8. The van der Waals surface area contributed by atoms with Crippen LogP contribution in [0.1, 0.15) is 24.6 Å². The first-order valence-corrected chi connectivity index (χ1v) is 6.91. The van der Waals surface area contributed by atoms with Gasteiger partial charge in [-0.15, -0.1) is 11.3 Å². The van der Waals surface area contributed by atoms with Gasteiger partial charge in [0.15, 0.2) is 0 Å². The van der Waals surface area contributed by atoms with Crippen molar-refractivity contribution in [3.8, 4) is 0 Å². The van der Waals surface area contributed by atoms with Crippen molar-refractivity contribution in [2.45, 2.75) is 31.7 Å². The molecule has 98 valence electrons. The highest BCUT2D eigenvalue weighted by atomic mass is 35.5. The fourth-order valence-corrected chi connectivity index (χ4v) is 3.36. The molecule has 1 N–H and O–H groups in total. The highest BCUT2D eigenvalue weighted by Gasteiger charge is 2.45. The first-order chi connectivity index (χ1) is 8.43. The Morgan fingerprint density at radius 2 is 2.28 bits per heavy atom. The molecule has 2 heterocycles. The first kappa shape index (κ1) is 13.4. The molecule has 0 aliphatic carbocycles. The van der Waals surface area contributed by atoms with Crippen LogP contribution in [0.3, 0.4) is 0 Å². The van der Waals surface area contributed by atoms with E-state index in [2.05, 4.69) is 0 Å². The van der Waals surface area contributed by atoms with Crippen molar-refractivity contribution in [1.29, 1.82) is 0 Å². The van der Waals surface area contributed by atoms with Gasteiger partial charge in [-0.05, 0) is 31.9 Å². The lowest BCUT2D eigenvalue weighted by Crippen LogP contribution is -2.51. The zero-order chi connectivity index (χ0) is 13.3. The van der Waals surface area contributed by atoms with E-state index in [1.54, 1.807) is 19.1 Å². The van der Waals surface area contributed by atoms with E-state index in [1.165, 1.54) is 16.2 Å². The van der Waals surface area contributed by atoms with Crippen LogP contribution in [-0.4, -0.2) is 34.0 Å². The molecule has 1 fully saturated rings. The number of carboxylic acids is 1. The zero-order valence-corrected chi connectivity index (χ0v) is 11.6. The summed E-state index contributed by atoms with van der Waals surface area (Å²) >= 11 is 7.16. The molecule has 1 aromatic rings. The molecule has 6 heteroatoms. The van der Waals surface area contributed by atoms with Gasteiger partial charge in [-0.3, -0.25) is 4.79 Å². The number of carbonyl (C=O) groups excluding carboxylic acids is 1. The molecule has 1 unspecified atom stereocenters. The molecule has 0 spiro atoms. The van der Waals surface area contributed by atoms with E-state index in [4.69, 9.17) is 11.6 Å². The fraction of sp³-hybridized carbons (Fsp3) is 0.500. The summed E-state index contributed by atoms with van der Waals surface area (Å²) in [6.07, 6.45) is 1.47. The molecular formula is C12H14ClNO3S. The lowest BCUT2D eigenvalue weighted by Gasteiger charge is -2.31. The number of carboxylic acid groups (broad SMARTS) is 1. The van der Waals surface area contributed by atoms with Gasteiger partial charge in [0.25, 0.3) is 0 Å². The zero-order valence-electron chi connectivity index (χ0n) is 9.98. The van der Waals surface area contributed by atoms with Gasteiger partial charge in [-0.2, -0.15) is 0 Å². The molecule has 1 atom stereocenters. The molecule has 1 aliphatic rings. The van der Waals surface area contributed by atoms with Crippen LogP contribution in [0.15, 0.2) is 12.1 Å². The summed E-state index contributed by atoms with van der Waals surface area (Å²) in [5, 5.41) is 9.25. The quantitative estimate of drug-likeness (QED) is 0.929. The van der Waals surface area contributed by atoms with Gasteiger partial charge < -0.3 is 10.0 Å². The number of hydrogen-bond acceptors (Lipinski definition) is 3. The largest absolute Gasteiger partial charge is 0.480 e. The van der Waals surface area contributed by atoms with Crippen LogP contribution < -0.4 is 0 Å². The maximum atomic E-state index is 12.2. The summed E-state index contributed by atoms with van der Waals surface area (Å²) in [6, 6.07) is 3.55. The van der Waals surface area contributed by atoms with E-state index in [0.29, 0.717) is 17.3 Å². The van der Waals surface area contributed by atoms with Crippen molar-refractivity contribution < 1.29 is 14.7 Å². The summed E-state index contributed by atoms with van der Waals surface area (Å²) < 4.78 is 0.639. The van der Waals surface area contributed by atoms with E-state index < -0.39 is 11.5 Å². The molecule has 0 saturated carbocycles. The molecule has 1 saturated heterocycles. The van der Waals surface area contributed by atoms with Crippen molar-refractivity contribution in [2.75, 3.05) is 6.54 Å². The van der Waals surface area contributed by atoms with Gasteiger partial charge in [0, 0.05) is 11.4 Å². The van der Waals surface area contributed by atoms with E-state index in [1.807, 2.05) is 0 Å². The van der Waals surface area contributed by atoms with Crippen LogP contribution in [-0.2, 0) is 16.0 Å². The molecule has 18 heavy (non-hydrogen) atoms. The van der Waals surface area contributed by atoms with Crippen LogP contribution in [0.5, 0.6) is 0 Å². The van der Waals surface area contributed by atoms with Crippen molar-refractivity contribution in [3.05, 3.63) is 21.3 Å². The Morgan fingerprint density at radius 1 is 1.56 bits per heavy atom. The maximum absolute atomic E-state index is 12.2. The third-order valence-electron chi connectivity index (χ3n) is 3.36. The Labute approximate surface area is 114 Å². The lowest BCUT2D eigenvalue weighted by atomic mass is 9.99. The molecule has 1 aliphatic heterocycles. The Morgan fingerprint density at radius 3 is 2.83 bits per heavy atom. The minimum absolute atomic E-state index is 0.143. The predicted octanol–water partition coefficient (Wildman–Crippen LogP) is 2.41. The second-order valence-corrected chi connectivity index (χ2v) is 6.41. The predicted molar refractivity (Wildman–Crippen MR) is 70.0 cm³/mol. The number of carbonyl (C=O) groups is 2. The number of amides is 1. The van der Waals surface area contributed by atoms with Crippen LogP contribution in [0.25, 0.3) is 0 Å². The summed E-state index contributed by atoms with van der Waals surface area (Å²) in [5.41, 5.74) is -1.06. The average molecular weight is 288 g/mol. The van der Waals surface area contributed by atoms with Crippen molar-refractivity contribution in [2.24, 2.45) is 0 Å². The maximum Gasteiger partial charge on any atom is 0.329 e. The highest BCUT2D eigenvalue weighted by molar-refractivity contribution is 7.16. The standard InChI is InChI=1S/C12H14ClNO3S/c1-12(11(16)17)5-2-6-14(12)10(15)7-8-3-4-9(13)18-8/h3-4H,2,5-7H2,1H3,(H,16,17). The van der Waals surface area contributed by atoms with Crippen LogP contribution in [0.4, 0.5) is 0 Å². The average Bonchev–Trinajstić information content (AvgIpc) is 2.86. The number of aliphatic carboxylic acids is 1. The van der Waals surface area contributed by atoms with Gasteiger partial charge in [-0.1, -0.05) is 11.6 Å². The summed E-state index contributed by atoms with van der Waals surface area (Å²) in [6.45, 7) is 2.13. The first-order valence-electron chi connectivity index (χ1n) is 5.71. The molecule has 0 aromatic carbocycles. The number of rotatable bonds is 3. The molecule has 1 aromatic heterocycles. The Kier molecular flexibility index (Phi) is 3.64. The normalized spacial score (nSPS) is 23.3. The van der Waals surface area contributed by atoms with Gasteiger partial charge in [-0.25, -0.2) is 4.79 Å². The number of thiophene rings is 1. The third kappa shape index (κ3) is 2.37. The molecule has 1 amide bonds. The number of nitrogens with zero attached hydrogens (tertiary/aromatic N) is 1. The Balaban J connectivity index is 2.11. The molecule has 0 bridgehead atoms. The Bertz CT molecular complexity index is 487. The molecule has 2 rings (SSSR count). The topological polar surface area (TPSA) is 57.6 Å². The van der Waals surface area contributed by atoms with Crippen molar-refractivity contribution in [3.63, 3.8) is 0 Å².